The van der Waals surface area contributed by atoms with Crippen LogP contribution in [0.2, 0.25) is 0 Å². The van der Waals surface area contributed by atoms with Crippen LogP contribution in [0.5, 0.6) is 5.75 Å². The Balaban J connectivity index is 1.57. The van der Waals surface area contributed by atoms with Crippen LogP contribution in [0.4, 0.5) is 0 Å². The number of ether oxygens (including phenoxy) is 1. The summed E-state index contributed by atoms with van der Waals surface area (Å²) in [7, 11) is 0. The molecule has 122 valence electrons. The molecule has 0 atom stereocenters. The van der Waals surface area contributed by atoms with Gasteiger partial charge in [-0.1, -0.05) is 0 Å². The van der Waals surface area contributed by atoms with Crippen LogP contribution in [0.1, 0.15) is 28.8 Å². The van der Waals surface area contributed by atoms with Crippen LogP contribution in [0, 0.1) is 11.3 Å². The van der Waals surface area contributed by atoms with Crippen molar-refractivity contribution in [1.82, 2.24) is 9.88 Å². The van der Waals surface area contributed by atoms with Crippen molar-refractivity contribution < 1.29 is 9.53 Å². The Hall–Kier alpha value is -2.39. The molecule has 2 heterocycles. The summed E-state index contributed by atoms with van der Waals surface area (Å²) in [6, 6.07) is 11.0. The van der Waals surface area contributed by atoms with E-state index in [1.165, 1.54) is 0 Å². The predicted molar refractivity (Wildman–Crippen MR) is 92.6 cm³/mol. The maximum atomic E-state index is 12.4. The molecule has 0 unspecified atom stereocenters. The number of carbonyl (C=O) groups excluding carboxylic acids is 1. The molecule has 1 aromatic heterocycles. The lowest BCUT2D eigenvalue weighted by Crippen LogP contribution is -2.41. The van der Waals surface area contributed by atoms with E-state index in [1.807, 2.05) is 11.0 Å². The van der Waals surface area contributed by atoms with E-state index in [0.29, 0.717) is 24.2 Å². The molecule has 5 nitrogen and oxygen atoms in total. The molecule has 0 radical (unpaired) electrons. The van der Waals surface area contributed by atoms with E-state index in [2.05, 4.69) is 27.0 Å². The van der Waals surface area contributed by atoms with Gasteiger partial charge in [0.25, 0.3) is 5.91 Å². The fourth-order valence-electron chi connectivity index (χ4n) is 2.70. The number of benzene rings is 1. The van der Waals surface area contributed by atoms with Gasteiger partial charge in [-0.3, -0.25) is 9.78 Å². The van der Waals surface area contributed by atoms with Gasteiger partial charge in [0, 0.05) is 42.8 Å². The van der Waals surface area contributed by atoms with E-state index >= 15 is 0 Å². The summed E-state index contributed by atoms with van der Waals surface area (Å²) in [4.78, 5) is 18.2. The number of amides is 1. The largest absolute Gasteiger partial charge is 0.490 e. The first-order valence-corrected chi connectivity index (χ1v) is 8.52. The van der Waals surface area contributed by atoms with Crippen molar-refractivity contribution in [2.45, 2.75) is 18.9 Å². The molecule has 2 aromatic rings. The molecular formula is C18H16BrN3O2. The number of hydrogen-bond donors (Lipinski definition) is 0. The van der Waals surface area contributed by atoms with Crippen molar-refractivity contribution in [3.63, 3.8) is 0 Å². The van der Waals surface area contributed by atoms with Crippen molar-refractivity contribution >= 4 is 21.8 Å². The zero-order chi connectivity index (χ0) is 16.9. The van der Waals surface area contributed by atoms with Crippen LogP contribution < -0.4 is 4.74 Å². The molecule has 24 heavy (non-hydrogen) atoms. The minimum Gasteiger partial charge on any atom is -0.490 e. The van der Waals surface area contributed by atoms with Crippen molar-refractivity contribution in [3.05, 3.63) is 58.3 Å². The summed E-state index contributed by atoms with van der Waals surface area (Å²) >= 11 is 3.37. The van der Waals surface area contributed by atoms with Gasteiger partial charge in [-0.15, -0.1) is 0 Å². The van der Waals surface area contributed by atoms with Gasteiger partial charge in [0.15, 0.2) is 0 Å². The highest BCUT2D eigenvalue weighted by Gasteiger charge is 2.24. The maximum Gasteiger partial charge on any atom is 0.255 e. The minimum atomic E-state index is 0.0164. The lowest BCUT2D eigenvalue weighted by Gasteiger charge is -2.32. The average molecular weight is 386 g/mol. The highest BCUT2D eigenvalue weighted by Crippen LogP contribution is 2.25. The van der Waals surface area contributed by atoms with Crippen molar-refractivity contribution in [3.8, 4) is 11.8 Å². The molecule has 0 spiro atoms. The molecule has 1 fully saturated rings. The number of nitrogens with zero attached hydrogens (tertiary/aromatic N) is 3. The van der Waals surface area contributed by atoms with Gasteiger partial charge >= 0.3 is 0 Å². The van der Waals surface area contributed by atoms with Gasteiger partial charge in [0.05, 0.1) is 11.1 Å². The molecule has 0 saturated carbocycles. The molecule has 3 rings (SSSR count). The van der Waals surface area contributed by atoms with Crippen LogP contribution in [-0.2, 0) is 0 Å². The third-order valence-electron chi connectivity index (χ3n) is 4.00. The zero-order valence-electron chi connectivity index (χ0n) is 13.0. The minimum absolute atomic E-state index is 0.0164. The van der Waals surface area contributed by atoms with E-state index < -0.39 is 0 Å². The Morgan fingerprint density at radius 3 is 2.75 bits per heavy atom. The molecular weight excluding hydrogens is 370 g/mol. The van der Waals surface area contributed by atoms with Crippen molar-refractivity contribution in [2.75, 3.05) is 13.1 Å². The van der Waals surface area contributed by atoms with Crippen LogP contribution in [0.25, 0.3) is 0 Å². The van der Waals surface area contributed by atoms with Crippen LogP contribution in [0.3, 0.4) is 0 Å². The summed E-state index contributed by atoms with van der Waals surface area (Å²) in [6.07, 6.45) is 4.89. The number of carbonyl (C=O) groups is 1. The second-order valence-corrected chi connectivity index (χ2v) is 6.46. The summed E-state index contributed by atoms with van der Waals surface area (Å²) in [6.45, 7) is 1.33. The van der Waals surface area contributed by atoms with Crippen molar-refractivity contribution in [2.24, 2.45) is 0 Å². The smallest absolute Gasteiger partial charge is 0.255 e. The topological polar surface area (TPSA) is 66.2 Å². The molecule has 0 N–H and O–H groups in total. The number of piperidine rings is 1. The third-order valence-corrected chi connectivity index (χ3v) is 4.66. The van der Waals surface area contributed by atoms with E-state index in [1.54, 1.807) is 36.7 Å². The lowest BCUT2D eigenvalue weighted by atomic mass is 10.1. The Kier molecular flexibility index (Phi) is 5.11. The fourth-order valence-corrected chi connectivity index (χ4v) is 3.15. The van der Waals surface area contributed by atoms with Crippen LogP contribution in [0.15, 0.2) is 47.2 Å². The normalized spacial score (nSPS) is 14.9. The van der Waals surface area contributed by atoms with Gasteiger partial charge in [0.1, 0.15) is 17.9 Å². The number of rotatable bonds is 3. The lowest BCUT2D eigenvalue weighted by molar-refractivity contribution is 0.0595. The Morgan fingerprint density at radius 2 is 2.12 bits per heavy atom. The highest BCUT2D eigenvalue weighted by atomic mass is 79.9. The first-order chi connectivity index (χ1) is 11.7. The van der Waals surface area contributed by atoms with Crippen molar-refractivity contribution in [1.29, 1.82) is 5.26 Å². The van der Waals surface area contributed by atoms with Gasteiger partial charge < -0.3 is 9.64 Å². The molecule has 1 aliphatic rings. The first-order valence-electron chi connectivity index (χ1n) is 7.73. The van der Waals surface area contributed by atoms with Gasteiger partial charge in [-0.2, -0.15) is 5.26 Å². The first kappa shape index (κ1) is 16.5. The molecule has 0 aliphatic carbocycles. The average Bonchev–Trinajstić information content (AvgIpc) is 2.63. The molecule has 1 saturated heterocycles. The number of likely N-dealkylation sites (tertiary alicyclic amines) is 1. The number of nitriles is 1. The van der Waals surface area contributed by atoms with E-state index in [9.17, 15) is 4.79 Å². The monoisotopic (exact) mass is 385 g/mol. The molecule has 6 heteroatoms. The Morgan fingerprint density at radius 1 is 1.33 bits per heavy atom. The standard InChI is InChI=1S/C18H16BrN3O2/c19-17-10-16(4-3-13(17)11-20)24-15-5-8-22(9-6-15)18(23)14-2-1-7-21-12-14/h1-4,7,10,12,15H,5-6,8-9H2. The summed E-state index contributed by atoms with van der Waals surface area (Å²) < 4.78 is 6.71. The molecule has 0 bridgehead atoms. The summed E-state index contributed by atoms with van der Waals surface area (Å²) in [5.41, 5.74) is 1.20. The van der Waals surface area contributed by atoms with Crippen LogP contribution in [-0.4, -0.2) is 35.0 Å². The SMILES string of the molecule is N#Cc1ccc(OC2CCN(C(=O)c3cccnc3)CC2)cc1Br. The second-order valence-electron chi connectivity index (χ2n) is 5.60. The summed E-state index contributed by atoms with van der Waals surface area (Å²) in [5.74, 6) is 0.751. The third kappa shape index (κ3) is 3.74. The fraction of sp³-hybridized carbons (Fsp3) is 0.278. The van der Waals surface area contributed by atoms with Crippen LogP contribution >= 0.6 is 15.9 Å². The molecule has 1 amide bonds. The number of halogens is 1. The quantitative estimate of drug-likeness (QED) is 0.811. The highest BCUT2D eigenvalue weighted by molar-refractivity contribution is 9.10. The zero-order valence-corrected chi connectivity index (χ0v) is 14.6. The van der Waals surface area contributed by atoms with Gasteiger partial charge in [0.2, 0.25) is 0 Å². The van der Waals surface area contributed by atoms with Gasteiger partial charge in [-0.05, 0) is 46.3 Å². The number of pyridine rings is 1. The molecule has 1 aliphatic heterocycles. The number of aromatic nitrogens is 1. The van der Waals surface area contributed by atoms with E-state index in [0.717, 1.165) is 23.1 Å². The van der Waals surface area contributed by atoms with Gasteiger partial charge in [-0.25, -0.2) is 0 Å². The maximum absolute atomic E-state index is 12.4. The van der Waals surface area contributed by atoms with E-state index in [-0.39, 0.29) is 12.0 Å². The Labute approximate surface area is 149 Å². The number of hydrogen-bond acceptors (Lipinski definition) is 4. The summed E-state index contributed by atoms with van der Waals surface area (Å²) in [5, 5.41) is 8.94. The van der Waals surface area contributed by atoms with E-state index in [4.69, 9.17) is 10.00 Å². The Bertz CT molecular complexity index is 766. The second kappa shape index (κ2) is 7.45. The molecule has 1 aromatic carbocycles. The predicted octanol–water partition coefficient (Wildman–Crippen LogP) is 3.40.